The van der Waals surface area contributed by atoms with Crippen LogP contribution < -0.4 is 5.32 Å². The van der Waals surface area contributed by atoms with Gasteiger partial charge in [0.2, 0.25) is 17.6 Å². The molecule has 0 aromatic carbocycles. The van der Waals surface area contributed by atoms with Crippen LogP contribution in [0.5, 0.6) is 0 Å². The number of alkyl halides is 1. The van der Waals surface area contributed by atoms with Gasteiger partial charge >= 0.3 is 0 Å². The maximum atomic E-state index is 10.9. The number of hydrogen-bond donors (Lipinski definition) is 1. The van der Waals surface area contributed by atoms with E-state index in [2.05, 4.69) is 15.5 Å². The summed E-state index contributed by atoms with van der Waals surface area (Å²) in [7, 11) is 0. The topological polar surface area (TPSA) is 68.0 Å². The highest BCUT2D eigenvalue weighted by atomic mass is 35.5. The zero-order chi connectivity index (χ0) is 12.1. The van der Waals surface area contributed by atoms with E-state index in [1.165, 1.54) is 0 Å². The van der Waals surface area contributed by atoms with Crippen molar-refractivity contribution in [3.05, 3.63) is 23.4 Å². The fraction of sp³-hybridized carbons (Fsp3) is 0.300. The quantitative estimate of drug-likeness (QED) is 0.841. The Hall–Kier alpha value is -1.40. The molecular weight excluding hydrogens is 262 g/mol. The van der Waals surface area contributed by atoms with E-state index in [4.69, 9.17) is 16.1 Å². The van der Waals surface area contributed by atoms with E-state index in [0.717, 1.165) is 4.88 Å². The fourth-order valence-electron chi connectivity index (χ4n) is 1.22. The van der Waals surface area contributed by atoms with Crippen molar-refractivity contribution in [2.75, 3.05) is 12.4 Å². The van der Waals surface area contributed by atoms with E-state index < -0.39 is 0 Å². The van der Waals surface area contributed by atoms with Gasteiger partial charge in [-0.3, -0.25) is 4.79 Å². The minimum atomic E-state index is -0.204. The Balaban J connectivity index is 1.89. The molecule has 0 aliphatic heterocycles. The zero-order valence-electron chi connectivity index (χ0n) is 8.85. The Kier molecular flexibility index (Phi) is 4.11. The number of amides is 1. The van der Waals surface area contributed by atoms with Crippen molar-refractivity contribution in [2.24, 2.45) is 0 Å². The fourth-order valence-corrected chi connectivity index (χ4v) is 1.96. The third-order valence-corrected chi connectivity index (χ3v) is 3.10. The second-order valence-corrected chi connectivity index (χ2v) is 4.44. The maximum Gasteiger partial charge on any atom is 0.234 e. The van der Waals surface area contributed by atoms with E-state index in [1.54, 1.807) is 11.3 Å². The van der Waals surface area contributed by atoms with Gasteiger partial charge in [-0.1, -0.05) is 11.2 Å². The molecule has 0 aliphatic carbocycles. The van der Waals surface area contributed by atoms with Crippen LogP contribution in [0.15, 0.2) is 22.0 Å². The first kappa shape index (κ1) is 12.1. The first-order chi connectivity index (χ1) is 8.29. The predicted molar refractivity (Wildman–Crippen MR) is 65.0 cm³/mol. The molecule has 0 radical (unpaired) electrons. The molecule has 0 fully saturated rings. The molecule has 0 spiro atoms. The van der Waals surface area contributed by atoms with Gasteiger partial charge in [-0.05, 0) is 11.4 Å². The minimum Gasteiger partial charge on any atom is -0.355 e. The predicted octanol–water partition coefficient (Wildman–Crippen LogP) is 1.70. The van der Waals surface area contributed by atoms with Gasteiger partial charge in [-0.2, -0.15) is 4.98 Å². The molecule has 7 heteroatoms. The van der Waals surface area contributed by atoms with Crippen LogP contribution in [-0.4, -0.2) is 28.5 Å². The Bertz CT molecular complexity index is 483. The van der Waals surface area contributed by atoms with Crippen LogP contribution in [0.25, 0.3) is 10.7 Å². The van der Waals surface area contributed by atoms with Crippen LogP contribution in [0.2, 0.25) is 0 Å². The van der Waals surface area contributed by atoms with E-state index in [-0.39, 0.29) is 11.8 Å². The third kappa shape index (κ3) is 3.28. The van der Waals surface area contributed by atoms with Gasteiger partial charge in [-0.15, -0.1) is 22.9 Å². The van der Waals surface area contributed by atoms with Crippen LogP contribution >= 0.6 is 22.9 Å². The molecule has 17 heavy (non-hydrogen) atoms. The standard InChI is InChI=1S/C10H10ClN3O2S/c11-6-8(15)12-4-3-9-13-10(14-16-9)7-2-1-5-17-7/h1-2,5H,3-4,6H2,(H,12,15). The minimum absolute atomic E-state index is 0.0374. The van der Waals surface area contributed by atoms with E-state index in [9.17, 15) is 4.79 Å². The SMILES string of the molecule is O=C(CCl)NCCc1nc(-c2cccs2)no1. The summed E-state index contributed by atoms with van der Waals surface area (Å²) in [5, 5.41) is 8.44. The average molecular weight is 272 g/mol. The number of carbonyl (C=O) groups excluding carboxylic acids is 1. The summed E-state index contributed by atoms with van der Waals surface area (Å²) in [5.74, 6) is 0.844. The lowest BCUT2D eigenvalue weighted by molar-refractivity contribution is -0.118. The van der Waals surface area contributed by atoms with Gasteiger partial charge in [0.15, 0.2) is 0 Å². The molecule has 0 unspecified atom stereocenters. The Labute approximate surface area is 107 Å². The first-order valence-corrected chi connectivity index (χ1v) is 6.40. The van der Waals surface area contributed by atoms with Crippen LogP contribution in [0, 0.1) is 0 Å². The molecule has 2 aromatic rings. The van der Waals surface area contributed by atoms with Crippen molar-refractivity contribution in [3.8, 4) is 10.7 Å². The molecule has 1 N–H and O–H groups in total. The molecule has 2 aromatic heterocycles. The molecule has 1 amide bonds. The summed E-state index contributed by atoms with van der Waals surface area (Å²) >= 11 is 6.89. The molecule has 0 saturated carbocycles. The van der Waals surface area contributed by atoms with Gasteiger partial charge in [0.1, 0.15) is 5.88 Å². The number of nitrogens with one attached hydrogen (secondary N) is 1. The van der Waals surface area contributed by atoms with Crippen molar-refractivity contribution in [1.82, 2.24) is 15.5 Å². The third-order valence-electron chi connectivity index (χ3n) is 1.99. The van der Waals surface area contributed by atoms with Crippen molar-refractivity contribution in [3.63, 3.8) is 0 Å². The smallest absolute Gasteiger partial charge is 0.234 e. The molecule has 90 valence electrons. The van der Waals surface area contributed by atoms with E-state index >= 15 is 0 Å². The summed E-state index contributed by atoms with van der Waals surface area (Å²) in [4.78, 5) is 16.1. The monoisotopic (exact) mass is 271 g/mol. The molecule has 5 nitrogen and oxygen atoms in total. The summed E-state index contributed by atoms with van der Waals surface area (Å²) in [6.07, 6.45) is 0.501. The van der Waals surface area contributed by atoms with Crippen molar-refractivity contribution in [1.29, 1.82) is 0 Å². The number of halogens is 1. The van der Waals surface area contributed by atoms with Gasteiger partial charge in [-0.25, -0.2) is 0 Å². The number of carbonyl (C=O) groups is 1. The van der Waals surface area contributed by atoms with Crippen molar-refractivity contribution >= 4 is 28.8 Å². The number of aromatic nitrogens is 2. The summed E-state index contributed by atoms with van der Waals surface area (Å²) in [6, 6.07) is 3.85. The maximum absolute atomic E-state index is 10.9. The molecule has 2 rings (SSSR count). The molecule has 0 bridgehead atoms. The van der Waals surface area contributed by atoms with Gasteiger partial charge in [0.25, 0.3) is 0 Å². The Morgan fingerprint density at radius 3 is 3.18 bits per heavy atom. The highest BCUT2D eigenvalue weighted by Gasteiger charge is 2.09. The lowest BCUT2D eigenvalue weighted by atomic mass is 10.4. The first-order valence-electron chi connectivity index (χ1n) is 4.98. The number of thiophene rings is 1. The molecule has 0 saturated heterocycles. The van der Waals surface area contributed by atoms with Crippen LogP contribution in [0.1, 0.15) is 5.89 Å². The number of hydrogen-bond acceptors (Lipinski definition) is 5. The second-order valence-electron chi connectivity index (χ2n) is 3.22. The lowest BCUT2D eigenvalue weighted by Crippen LogP contribution is -2.26. The second kappa shape index (κ2) is 5.79. The largest absolute Gasteiger partial charge is 0.355 e. The van der Waals surface area contributed by atoms with Gasteiger partial charge < -0.3 is 9.84 Å². The Morgan fingerprint density at radius 2 is 2.47 bits per heavy atom. The highest BCUT2D eigenvalue weighted by Crippen LogP contribution is 2.21. The highest BCUT2D eigenvalue weighted by molar-refractivity contribution is 7.13. The van der Waals surface area contributed by atoms with Crippen LogP contribution in [0.4, 0.5) is 0 Å². The van der Waals surface area contributed by atoms with E-state index in [0.29, 0.717) is 24.7 Å². The summed E-state index contributed by atoms with van der Waals surface area (Å²) < 4.78 is 5.07. The summed E-state index contributed by atoms with van der Waals surface area (Å²) in [5.41, 5.74) is 0. The van der Waals surface area contributed by atoms with E-state index in [1.807, 2.05) is 17.5 Å². The zero-order valence-corrected chi connectivity index (χ0v) is 10.4. The normalized spacial score (nSPS) is 10.4. The molecule has 0 atom stereocenters. The number of rotatable bonds is 5. The van der Waals surface area contributed by atoms with Crippen molar-refractivity contribution in [2.45, 2.75) is 6.42 Å². The number of nitrogens with zero attached hydrogens (tertiary/aromatic N) is 2. The molecule has 2 heterocycles. The lowest BCUT2D eigenvalue weighted by Gasteiger charge is -1.98. The van der Waals surface area contributed by atoms with Gasteiger partial charge in [0.05, 0.1) is 4.88 Å². The Morgan fingerprint density at radius 1 is 1.59 bits per heavy atom. The molecule has 0 aliphatic rings. The van der Waals surface area contributed by atoms with Crippen molar-refractivity contribution < 1.29 is 9.32 Å². The van der Waals surface area contributed by atoms with Crippen LogP contribution in [-0.2, 0) is 11.2 Å². The van der Waals surface area contributed by atoms with Gasteiger partial charge in [0, 0.05) is 13.0 Å². The molecular formula is C10H10ClN3O2S. The summed E-state index contributed by atoms with van der Waals surface area (Å²) in [6.45, 7) is 0.442. The van der Waals surface area contributed by atoms with Crippen LogP contribution in [0.3, 0.4) is 0 Å². The average Bonchev–Trinajstić information content (AvgIpc) is 2.98.